The van der Waals surface area contributed by atoms with Gasteiger partial charge >= 0.3 is 7.60 Å². The highest BCUT2D eigenvalue weighted by Gasteiger charge is 2.27. The first kappa shape index (κ1) is 15.5. The van der Waals surface area contributed by atoms with Crippen LogP contribution < -0.4 is 9.05 Å². The third-order valence-electron chi connectivity index (χ3n) is 2.84. The predicted molar refractivity (Wildman–Crippen MR) is 83.3 cm³/mol. The van der Waals surface area contributed by atoms with Gasteiger partial charge in [0.25, 0.3) is 0 Å². The fraction of sp³-hybridized carbons (Fsp3) is 0.250. The summed E-state index contributed by atoms with van der Waals surface area (Å²) in [7, 11) is -3.28. The Labute approximate surface area is 124 Å². The number of hydrogen-bond acceptors (Lipinski definition) is 4. The quantitative estimate of drug-likeness (QED) is 0.782. The van der Waals surface area contributed by atoms with Crippen LogP contribution in [0.4, 0.5) is 0 Å². The largest absolute Gasteiger partial charge is 0.508 e. The summed E-state index contributed by atoms with van der Waals surface area (Å²) in [6, 6.07) is 13.4. The fourth-order valence-corrected chi connectivity index (χ4v) is 3.46. The van der Waals surface area contributed by atoms with Crippen LogP contribution in [0.2, 0.25) is 0 Å². The summed E-state index contributed by atoms with van der Waals surface area (Å²) < 4.78 is 24.0. The lowest BCUT2D eigenvalue weighted by atomic mass is 10.2. The van der Waals surface area contributed by atoms with Gasteiger partial charge in [-0.25, -0.2) is 4.57 Å². The lowest BCUT2D eigenvalue weighted by Gasteiger charge is -2.19. The van der Waals surface area contributed by atoms with Gasteiger partial charge in [-0.1, -0.05) is 24.6 Å². The number of benzene rings is 2. The predicted octanol–water partition coefficient (Wildman–Crippen LogP) is 4.76. The molecule has 0 aliphatic rings. The van der Waals surface area contributed by atoms with E-state index in [9.17, 15) is 9.67 Å². The van der Waals surface area contributed by atoms with E-state index in [2.05, 4.69) is 0 Å². The molecular weight excluding hydrogens is 287 g/mol. The van der Waals surface area contributed by atoms with Crippen molar-refractivity contribution in [3.63, 3.8) is 0 Å². The third kappa shape index (κ3) is 4.54. The number of phenols is 1. The number of hydrogen-bond donors (Lipinski definition) is 1. The average molecular weight is 306 g/mol. The molecule has 0 bridgehead atoms. The molecular formula is C16H19O4P. The van der Waals surface area contributed by atoms with Crippen LogP contribution in [0.1, 0.15) is 18.9 Å². The van der Waals surface area contributed by atoms with Crippen LogP contribution in [0, 0.1) is 6.92 Å². The van der Waals surface area contributed by atoms with Gasteiger partial charge in [-0.3, -0.25) is 0 Å². The maximum absolute atomic E-state index is 12.8. The van der Waals surface area contributed by atoms with Gasteiger partial charge in [0.15, 0.2) is 0 Å². The Balaban J connectivity index is 2.17. The topological polar surface area (TPSA) is 55.8 Å². The molecule has 0 saturated heterocycles. The smallest absolute Gasteiger partial charge is 0.430 e. The van der Waals surface area contributed by atoms with Crippen LogP contribution in [0.3, 0.4) is 0 Å². The Hall–Kier alpha value is -1.93. The highest BCUT2D eigenvalue weighted by atomic mass is 31.2. The summed E-state index contributed by atoms with van der Waals surface area (Å²) in [5.41, 5.74) is 1.10. The Morgan fingerprint density at radius 3 is 1.90 bits per heavy atom. The molecule has 2 aromatic carbocycles. The van der Waals surface area contributed by atoms with E-state index in [4.69, 9.17) is 9.05 Å². The molecule has 21 heavy (non-hydrogen) atoms. The Bertz CT molecular complexity index is 568. The maximum atomic E-state index is 12.8. The molecule has 0 aliphatic heterocycles. The molecule has 0 aromatic heterocycles. The van der Waals surface area contributed by atoms with Gasteiger partial charge in [0.1, 0.15) is 17.2 Å². The van der Waals surface area contributed by atoms with Crippen molar-refractivity contribution < 1.29 is 18.7 Å². The van der Waals surface area contributed by atoms with Crippen molar-refractivity contribution in [2.75, 3.05) is 6.16 Å². The summed E-state index contributed by atoms with van der Waals surface area (Å²) >= 11 is 0. The second-order valence-electron chi connectivity index (χ2n) is 4.82. The first-order valence-corrected chi connectivity index (χ1v) is 8.57. The van der Waals surface area contributed by atoms with E-state index in [1.807, 2.05) is 26.0 Å². The molecule has 1 unspecified atom stereocenters. The molecule has 0 fully saturated rings. The molecule has 0 radical (unpaired) electrons. The van der Waals surface area contributed by atoms with Gasteiger partial charge < -0.3 is 14.2 Å². The first-order chi connectivity index (χ1) is 10.0. The van der Waals surface area contributed by atoms with Crippen molar-refractivity contribution in [2.24, 2.45) is 0 Å². The van der Waals surface area contributed by atoms with Crippen LogP contribution in [0.5, 0.6) is 17.2 Å². The van der Waals surface area contributed by atoms with E-state index in [1.54, 1.807) is 24.3 Å². The SMILES string of the molecule is CCCP(=O)(Oc1ccc(C)cc1)Oc1ccc(O)cc1. The molecule has 112 valence electrons. The van der Waals surface area contributed by atoms with Crippen molar-refractivity contribution in [2.45, 2.75) is 20.3 Å². The number of phenolic OH excluding ortho intramolecular Hbond substituents is 1. The number of aryl methyl sites for hydroxylation is 1. The average Bonchev–Trinajstić information content (AvgIpc) is 2.44. The summed E-state index contributed by atoms with van der Waals surface area (Å²) in [5, 5.41) is 9.26. The lowest BCUT2D eigenvalue weighted by molar-refractivity contribution is 0.384. The Morgan fingerprint density at radius 2 is 1.43 bits per heavy atom. The van der Waals surface area contributed by atoms with Crippen LogP contribution in [0.15, 0.2) is 48.5 Å². The minimum Gasteiger partial charge on any atom is -0.508 e. The zero-order valence-corrected chi connectivity index (χ0v) is 13.0. The molecule has 2 aromatic rings. The van der Waals surface area contributed by atoms with Crippen LogP contribution in [-0.4, -0.2) is 11.3 Å². The van der Waals surface area contributed by atoms with Crippen molar-refractivity contribution in [3.05, 3.63) is 54.1 Å². The minimum absolute atomic E-state index is 0.132. The molecule has 0 amide bonds. The van der Waals surface area contributed by atoms with Gasteiger partial charge in [0.2, 0.25) is 0 Å². The van der Waals surface area contributed by atoms with Gasteiger partial charge in [-0.15, -0.1) is 0 Å². The monoisotopic (exact) mass is 306 g/mol. The van der Waals surface area contributed by atoms with Crippen molar-refractivity contribution in [1.82, 2.24) is 0 Å². The Kier molecular flexibility index (Phi) is 4.92. The van der Waals surface area contributed by atoms with Crippen LogP contribution >= 0.6 is 7.60 Å². The van der Waals surface area contributed by atoms with Gasteiger partial charge in [0.05, 0.1) is 6.16 Å². The number of aromatic hydroxyl groups is 1. The second-order valence-corrected chi connectivity index (χ2v) is 6.86. The van der Waals surface area contributed by atoms with Gasteiger partial charge in [0, 0.05) is 0 Å². The van der Waals surface area contributed by atoms with E-state index >= 15 is 0 Å². The minimum atomic E-state index is -3.28. The summed E-state index contributed by atoms with van der Waals surface area (Å²) in [6.45, 7) is 3.90. The molecule has 0 heterocycles. The molecule has 0 aliphatic carbocycles. The van der Waals surface area contributed by atoms with Crippen LogP contribution in [0.25, 0.3) is 0 Å². The zero-order valence-electron chi connectivity index (χ0n) is 12.2. The lowest BCUT2D eigenvalue weighted by Crippen LogP contribution is -2.04. The molecule has 0 spiro atoms. The molecule has 2 rings (SSSR count). The standard InChI is InChI=1S/C16H19O4P/c1-3-12-21(18,19-15-8-4-13(2)5-9-15)20-16-10-6-14(17)7-11-16/h4-11,17H,3,12H2,1-2H3. The molecule has 5 heteroatoms. The first-order valence-electron chi connectivity index (χ1n) is 6.85. The molecule has 1 N–H and O–H groups in total. The Morgan fingerprint density at radius 1 is 0.952 bits per heavy atom. The van der Waals surface area contributed by atoms with E-state index in [1.165, 1.54) is 12.1 Å². The van der Waals surface area contributed by atoms with E-state index in [-0.39, 0.29) is 5.75 Å². The molecule has 4 nitrogen and oxygen atoms in total. The van der Waals surface area contributed by atoms with Gasteiger partial charge in [-0.05, 0) is 49.7 Å². The van der Waals surface area contributed by atoms with E-state index in [0.717, 1.165) is 5.56 Å². The summed E-state index contributed by atoms with van der Waals surface area (Å²) in [5.74, 6) is 1.07. The normalized spacial score (nSPS) is 13.4. The van der Waals surface area contributed by atoms with Crippen molar-refractivity contribution in [3.8, 4) is 17.2 Å². The maximum Gasteiger partial charge on any atom is 0.430 e. The fourth-order valence-electron chi connectivity index (χ4n) is 1.81. The van der Waals surface area contributed by atoms with Crippen molar-refractivity contribution in [1.29, 1.82) is 0 Å². The second kappa shape index (κ2) is 6.68. The van der Waals surface area contributed by atoms with Crippen LogP contribution in [-0.2, 0) is 4.57 Å². The summed E-state index contributed by atoms with van der Waals surface area (Å²) in [4.78, 5) is 0. The molecule has 1 atom stereocenters. The highest BCUT2D eigenvalue weighted by molar-refractivity contribution is 7.54. The number of rotatable bonds is 6. The zero-order chi connectivity index (χ0) is 15.3. The van der Waals surface area contributed by atoms with E-state index < -0.39 is 7.60 Å². The van der Waals surface area contributed by atoms with E-state index in [0.29, 0.717) is 24.1 Å². The summed E-state index contributed by atoms with van der Waals surface area (Å²) in [6.07, 6.45) is 1.00. The third-order valence-corrected chi connectivity index (χ3v) is 4.82. The van der Waals surface area contributed by atoms with Gasteiger partial charge in [-0.2, -0.15) is 0 Å². The molecule has 0 saturated carbocycles. The van der Waals surface area contributed by atoms with Crippen molar-refractivity contribution >= 4 is 7.60 Å². The highest BCUT2D eigenvalue weighted by Crippen LogP contribution is 2.49.